The molecular weight excluding hydrogens is 282 g/mol. The van der Waals surface area contributed by atoms with E-state index in [-0.39, 0.29) is 17.0 Å². The van der Waals surface area contributed by atoms with Gasteiger partial charge < -0.3 is 5.11 Å². The maximum absolute atomic E-state index is 12.1. The summed E-state index contributed by atoms with van der Waals surface area (Å²) in [7, 11) is -4.01. The van der Waals surface area contributed by atoms with E-state index in [1.807, 2.05) is 0 Å². The summed E-state index contributed by atoms with van der Waals surface area (Å²) >= 11 is 0. The Morgan fingerprint density at radius 2 is 2.20 bits per heavy atom. The third-order valence-electron chi connectivity index (χ3n) is 2.74. The molecule has 1 aromatic heterocycles. The van der Waals surface area contributed by atoms with E-state index in [2.05, 4.69) is 9.71 Å². The first-order valence-electron chi connectivity index (χ1n) is 5.88. The van der Waals surface area contributed by atoms with E-state index in [9.17, 15) is 18.3 Å². The number of aliphatic carboxylic acids is 1. The highest BCUT2D eigenvalue weighted by atomic mass is 32.2. The Labute approximate surface area is 117 Å². The summed E-state index contributed by atoms with van der Waals surface area (Å²) in [6, 6.07) is 4.24. The average molecular weight is 297 g/mol. The number of rotatable bonds is 6. The second kappa shape index (κ2) is 5.98. The summed E-state index contributed by atoms with van der Waals surface area (Å²) in [6.45, 7) is 3.08. The molecule has 8 heteroatoms. The summed E-state index contributed by atoms with van der Waals surface area (Å²) in [4.78, 5) is 14.7. The molecule has 0 fully saturated rings. The third-order valence-corrected chi connectivity index (χ3v) is 4.32. The predicted octanol–water partition coefficient (Wildman–Crippen LogP) is 0.875. The molecule has 20 heavy (non-hydrogen) atoms. The van der Waals surface area contributed by atoms with Crippen molar-refractivity contribution in [3.05, 3.63) is 24.0 Å². The highest BCUT2D eigenvalue weighted by Gasteiger charge is 2.37. The van der Waals surface area contributed by atoms with Crippen molar-refractivity contribution in [1.82, 2.24) is 9.71 Å². The van der Waals surface area contributed by atoms with E-state index < -0.39 is 21.5 Å². The van der Waals surface area contributed by atoms with E-state index in [4.69, 9.17) is 5.26 Å². The Balaban J connectivity index is 3.10. The Hall–Kier alpha value is -1.98. The van der Waals surface area contributed by atoms with Gasteiger partial charge >= 0.3 is 5.97 Å². The molecule has 0 bridgehead atoms. The van der Waals surface area contributed by atoms with Gasteiger partial charge in [0.05, 0.1) is 0 Å². The number of carboxylic acid groups (broad SMARTS) is 1. The summed E-state index contributed by atoms with van der Waals surface area (Å²) in [5.74, 6) is -1.25. The molecule has 7 nitrogen and oxygen atoms in total. The molecule has 1 unspecified atom stereocenters. The van der Waals surface area contributed by atoms with Gasteiger partial charge in [-0.15, -0.1) is 0 Å². The summed E-state index contributed by atoms with van der Waals surface area (Å²) in [5.41, 5.74) is -1.50. The second-order valence-corrected chi connectivity index (χ2v) is 6.17. The van der Waals surface area contributed by atoms with Crippen LogP contribution >= 0.6 is 0 Å². The van der Waals surface area contributed by atoms with Crippen molar-refractivity contribution in [2.24, 2.45) is 0 Å². The van der Waals surface area contributed by atoms with Crippen molar-refractivity contribution >= 4 is 16.0 Å². The van der Waals surface area contributed by atoms with Gasteiger partial charge in [0.1, 0.15) is 22.2 Å². The fourth-order valence-corrected chi connectivity index (χ4v) is 3.00. The number of carboxylic acids is 1. The lowest BCUT2D eigenvalue weighted by Gasteiger charge is -2.25. The molecule has 2 N–H and O–H groups in total. The molecule has 0 aliphatic rings. The molecule has 1 atom stereocenters. The van der Waals surface area contributed by atoms with Crippen LogP contribution in [0.15, 0.2) is 23.2 Å². The fourth-order valence-electron chi connectivity index (χ4n) is 1.66. The number of nitriles is 1. The number of pyridine rings is 1. The minimum atomic E-state index is -4.01. The van der Waals surface area contributed by atoms with Gasteiger partial charge in [0.15, 0.2) is 0 Å². The number of hydrogen-bond acceptors (Lipinski definition) is 5. The molecular formula is C12H15N3O4S. The molecule has 0 spiro atoms. The van der Waals surface area contributed by atoms with Crippen molar-refractivity contribution in [3.8, 4) is 6.07 Å². The zero-order chi connectivity index (χ0) is 15.4. The second-order valence-electron chi connectivity index (χ2n) is 4.48. The number of hydrogen-bond donors (Lipinski definition) is 2. The zero-order valence-electron chi connectivity index (χ0n) is 11.1. The van der Waals surface area contributed by atoms with Gasteiger partial charge in [0.25, 0.3) is 0 Å². The minimum absolute atomic E-state index is 0.0819. The largest absolute Gasteiger partial charge is 0.480 e. The maximum atomic E-state index is 12.1. The normalized spacial score (nSPS) is 14.2. The lowest BCUT2D eigenvalue weighted by molar-refractivity contribution is -0.143. The number of carbonyl (C=O) groups is 1. The monoisotopic (exact) mass is 297 g/mol. The molecule has 1 heterocycles. The number of aromatic nitrogens is 1. The van der Waals surface area contributed by atoms with E-state index in [0.29, 0.717) is 6.42 Å². The molecule has 0 amide bonds. The fraction of sp³-hybridized carbons (Fsp3) is 0.417. The zero-order valence-corrected chi connectivity index (χ0v) is 11.9. The predicted molar refractivity (Wildman–Crippen MR) is 70.2 cm³/mol. The first-order valence-corrected chi connectivity index (χ1v) is 7.37. The van der Waals surface area contributed by atoms with Gasteiger partial charge in [-0.3, -0.25) is 4.79 Å². The van der Waals surface area contributed by atoms with Crippen LogP contribution in [0.2, 0.25) is 0 Å². The molecule has 0 radical (unpaired) electrons. The van der Waals surface area contributed by atoms with E-state index >= 15 is 0 Å². The van der Waals surface area contributed by atoms with Gasteiger partial charge in [-0.25, -0.2) is 13.4 Å². The first-order chi connectivity index (χ1) is 9.25. The topological polar surface area (TPSA) is 120 Å². The molecule has 108 valence electrons. The van der Waals surface area contributed by atoms with Crippen LogP contribution in [0.4, 0.5) is 0 Å². The number of nitrogens with one attached hydrogen (secondary N) is 1. The van der Waals surface area contributed by atoms with E-state index in [0.717, 1.165) is 6.20 Å². The Bertz CT molecular complexity index is 634. The van der Waals surface area contributed by atoms with Crippen molar-refractivity contribution in [1.29, 1.82) is 5.26 Å². The van der Waals surface area contributed by atoms with Crippen LogP contribution in [-0.4, -0.2) is 30.0 Å². The lowest BCUT2D eigenvalue weighted by Crippen LogP contribution is -2.51. The van der Waals surface area contributed by atoms with Crippen LogP contribution in [0.5, 0.6) is 0 Å². The van der Waals surface area contributed by atoms with Crippen LogP contribution < -0.4 is 4.72 Å². The van der Waals surface area contributed by atoms with Crippen LogP contribution in [0.1, 0.15) is 32.4 Å². The van der Waals surface area contributed by atoms with Crippen LogP contribution in [0, 0.1) is 11.3 Å². The average Bonchev–Trinajstić information content (AvgIpc) is 2.38. The van der Waals surface area contributed by atoms with Crippen molar-refractivity contribution in [2.75, 3.05) is 0 Å². The summed E-state index contributed by atoms with van der Waals surface area (Å²) < 4.78 is 26.4. The molecule has 0 aromatic carbocycles. The quantitative estimate of drug-likeness (QED) is 0.804. The lowest BCUT2D eigenvalue weighted by atomic mass is 9.98. The molecule has 0 aliphatic heterocycles. The van der Waals surface area contributed by atoms with Gasteiger partial charge in [0.2, 0.25) is 10.0 Å². The van der Waals surface area contributed by atoms with Gasteiger partial charge in [0, 0.05) is 6.20 Å². The van der Waals surface area contributed by atoms with Crippen molar-refractivity contribution in [3.63, 3.8) is 0 Å². The SMILES string of the molecule is CCCC(C)(NS(=O)(=O)c1ccc(C#N)nc1)C(=O)O. The Morgan fingerprint density at radius 1 is 1.55 bits per heavy atom. The maximum Gasteiger partial charge on any atom is 0.324 e. The molecule has 0 aliphatic carbocycles. The Morgan fingerprint density at radius 3 is 2.60 bits per heavy atom. The number of nitrogens with zero attached hydrogens (tertiary/aromatic N) is 2. The smallest absolute Gasteiger partial charge is 0.324 e. The van der Waals surface area contributed by atoms with E-state index in [1.165, 1.54) is 19.1 Å². The molecule has 1 aromatic rings. The molecule has 0 saturated carbocycles. The summed E-state index contributed by atoms with van der Waals surface area (Å²) in [6.07, 6.45) is 1.69. The number of sulfonamides is 1. The summed E-state index contributed by atoms with van der Waals surface area (Å²) in [5, 5.41) is 17.8. The minimum Gasteiger partial charge on any atom is -0.480 e. The third kappa shape index (κ3) is 3.53. The standard InChI is InChI=1S/C12H15N3O4S/c1-3-6-12(2,11(16)17)15-20(18,19)10-5-4-9(7-13)14-8-10/h4-5,8,15H,3,6H2,1-2H3,(H,16,17). The van der Waals surface area contributed by atoms with Crippen LogP contribution in [-0.2, 0) is 14.8 Å². The van der Waals surface area contributed by atoms with Gasteiger partial charge in [-0.2, -0.15) is 9.98 Å². The first kappa shape index (κ1) is 16.1. The van der Waals surface area contributed by atoms with Crippen molar-refractivity contribution in [2.45, 2.75) is 37.1 Å². The Kier molecular flexibility index (Phi) is 4.81. The van der Waals surface area contributed by atoms with E-state index in [1.54, 1.807) is 13.0 Å². The molecule has 0 saturated heterocycles. The van der Waals surface area contributed by atoms with Gasteiger partial charge in [-0.1, -0.05) is 13.3 Å². The van der Waals surface area contributed by atoms with Crippen molar-refractivity contribution < 1.29 is 18.3 Å². The molecule has 1 rings (SSSR count). The van der Waals surface area contributed by atoms with Crippen LogP contribution in [0.25, 0.3) is 0 Å². The van der Waals surface area contributed by atoms with Crippen LogP contribution in [0.3, 0.4) is 0 Å². The highest BCUT2D eigenvalue weighted by molar-refractivity contribution is 7.89. The highest BCUT2D eigenvalue weighted by Crippen LogP contribution is 2.17. The van der Waals surface area contributed by atoms with Gasteiger partial charge in [-0.05, 0) is 25.5 Å².